The van der Waals surface area contributed by atoms with Gasteiger partial charge < -0.3 is 15.0 Å². The van der Waals surface area contributed by atoms with Crippen LogP contribution in [0.15, 0.2) is 6.20 Å². The second kappa shape index (κ2) is 6.50. The summed E-state index contributed by atoms with van der Waals surface area (Å²) in [6.45, 7) is 6.72. The molecule has 0 radical (unpaired) electrons. The lowest BCUT2D eigenvalue weighted by Gasteiger charge is -2.16. The largest absolute Gasteiger partial charge is 0.377 e. The molecule has 0 saturated heterocycles. The highest BCUT2D eigenvalue weighted by Gasteiger charge is 2.20. The fourth-order valence-electron chi connectivity index (χ4n) is 1.61. The van der Waals surface area contributed by atoms with Gasteiger partial charge in [-0.25, -0.2) is 4.98 Å². The molecule has 0 unspecified atom stereocenters. The van der Waals surface area contributed by atoms with Crippen molar-refractivity contribution in [2.45, 2.75) is 45.4 Å². The Balaban J connectivity index is 1.73. The van der Waals surface area contributed by atoms with E-state index < -0.39 is 0 Å². The molecule has 1 aliphatic rings. The predicted octanol–water partition coefficient (Wildman–Crippen LogP) is 2.26. The minimum atomic E-state index is 0.299. The zero-order chi connectivity index (χ0) is 13.0. The van der Waals surface area contributed by atoms with Gasteiger partial charge in [0.25, 0.3) is 0 Å². The summed E-state index contributed by atoms with van der Waals surface area (Å²) in [7, 11) is 2.07. The fourth-order valence-corrected chi connectivity index (χ4v) is 2.46. The molecule has 0 aromatic carbocycles. The number of thiazole rings is 1. The molecule has 0 aliphatic heterocycles. The van der Waals surface area contributed by atoms with Gasteiger partial charge in [-0.1, -0.05) is 0 Å². The minimum Gasteiger partial charge on any atom is -0.377 e. The van der Waals surface area contributed by atoms with E-state index in [-0.39, 0.29) is 0 Å². The van der Waals surface area contributed by atoms with Crippen LogP contribution in [0.3, 0.4) is 0 Å². The molecule has 4 nitrogen and oxygen atoms in total. The van der Waals surface area contributed by atoms with Crippen LogP contribution in [0.1, 0.15) is 31.6 Å². The molecule has 18 heavy (non-hydrogen) atoms. The molecule has 1 saturated carbocycles. The second-order valence-corrected chi connectivity index (χ2v) is 6.20. The molecule has 1 aliphatic carbocycles. The van der Waals surface area contributed by atoms with Crippen LogP contribution < -0.4 is 10.2 Å². The van der Waals surface area contributed by atoms with Crippen molar-refractivity contribution >= 4 is 16.5 Å². The maximum Gasteiger partial charge on any atom is 0.185 e. The molecular formula is C13H23N3OS. The molecule has 102 valence electrons. The maximum atomic E-state index is 5.55. The third kappa shape index (κ3) is 4.55. The lowest BCUT2D eigenvalue weighted by Crippen LogP contribution is -2.23. The van der Waals surface area contributed by atoms with Crippen LogP contribution in [-0.4, -0.2) is 37.3 Å². The van der Waals surface area contributed by atoms with Crippen LogP contribution in [0.25, 0.3) is 0 Å². The molecule has 0 spiro atoms. The van der Waals surface area contributed by atoms with Crippen LogP contribution in [0, 0.1) is 0 Å². The van der Waals surface area contributed by atoms with Crippen LogP contribution in [0.4, 0.5) is 5.13 Å². The maximum absolute atomic E-state index is 5.55. The van der Waals surface area contributed by atoms with Crippen LogP contribution in [0.2, 0.25) is 0 Å². The first kappa shape index (κ1) is 13.8. The number of hydrogen-bond acceptors (Lipinski definition) is 5. The van der Waals surface area contributed by atoms with Crippen molar-refractivity contribution in [1.29, 1.82) is 0 Å². The Kier molecular flexibility index (Phi) is 4.97. The van der Waals surface area contributed by atoms with Gasteiger partial charge in [-0.15, -0.1) is 11.3 Å². The summed E-state index contributed by atoms with van der Waals surface area (Å²) in [5, 5.41) is 4.59. The van der Waals surface area contributed by atoms with Gasteiger partial charge in [0.1, 0.15) is 0 Å². The highest BCUT2D eigenvalue weighted by atomic mass is 32.1. The average Bonchev–Trinajstić information content (AvgIpc) is 3.03. The summed E-state index contributed by atoms with van der Waals surface area (Å²) in [4.78, 5) is 7.93. The number of nitrogens with one attached hydrogen (secondary N) is 1. The van der Waals surface area contributed by atoms with E-state index in [1.54, 1.807) is 11.3 Å². The first-order valence-corrected chi connectivity index (χ1v) is 7.47. The van der Waals surface area contributed by atoms with E-state index >= 15 is 0 Å². The number of nitrogens with zero attached hydrogens (tertiary/aromatic N) is 2. The lowest BCUT2D eigenvalue weighted by atomic mass is 10.5. The van der Waals surface area contributed by atoms with Gasteiger partial charge in [0, 0.05) is 37.3 Å². The van der Waals surface area contributed by atoms with Gasteiger partial charge >= 0.3 is 0 Å². The van der Waals surface area contributed by atoms with Gasteiger partial charge in [0.15, 0.2) is 5.13 Å². The van der Waals surface area contributed by atoms with E-state index in [1.807, 2.05) is 6.20 Å². The Morgan fingerprint density at radius 3 is 3.00 bits per heavy atom. The number of anilines is 1. The third-order valence-corrected chi connectivity index (χ3v) is 4.00. The highest BCUT2D eigenvalue weighted by molar-refractivity contribution is 7.15. The number of ether oxygens (including phenoxy) is 1. The van der Waals surface area contributed by atoms with Crippen molar-refractivity contribution in [3.8, 4) is 0 Å². The van der Waals surface area contributed by atoms with E-state index in [4.69, 9.17) is 4.74 Å². The average molecular weight is 269 g/mol. The molecular weight excluding hydrogens is 246 g/mol. The third-order valence-electron chi connectivity index (χ3n) is 2.89. The molecule has 1 fully saturated rings. The Labute approximate surface area is 113 Å². The molecule has 0 bridgehead atoms. The summed E-state index contributed by atoms with van der Waals surface area (Å²) in [5.74, 6) is 0. The highest BCUT2D eigenvalue weighted by Crippen LogP contribution is 2.23. The van der Waals surface area contributed by atoms with E-state index in [9.17, 15) is 0 Å². The lowest BCUT2D eigenvalue weighted by molar-refractivity contribution is 0.0846. The first-order chi connectivity index (χ1) is 8.65. The molecule has 1 N–H and O–H groups in total. The Morgan fingerprint density at radius 1 is 1.56 bits per heavy atom. The number of hydrogen-bond donors (Lipinski definition) is 1. The van der Waals surface area contributed by atoms with Gasteiger partial charge in [0.2, 0.25) is 0 Å². The zero-order valence-corrected chi connectivity index (χ0v) is 12.3. The Hall–Kier alpha value is -0.650. The van der Waals surface area contributed by atoms with Crippen molar-refractivity contribution < 1.29 is 4.74 Å². The molecule has 1 aromatic heterocycles. The van der Waals surface area contributed by atoms with E-state index in [2.05, 4.69) is 36.1 Å². The summed E-state index contributed by atoms with van der Waals surface area (Å²) in [5.41, 5.74) is 0. The Bertz CT molecular complexity index is 363. The predicted molar refractivity (Wildman–Crippen MR) is 76.3 cm³/mol. The van der Waals surface area contributed by atoms with Crippen molar-refractivity contribution in [2.24, 2.45) is 0 Å². The number of likely N-dealkylation sites (N-methyl/N-ethyl adjacent to an activating group) is 1. The topological polar surface area (TPSA) is 37.4 Å². The van der Waals surface area contributed by atoms with Crippen molar-refractivity contribution in [2.75, 3.05) is 25.1 Å². The van der Waals surface area contributed by atoms with Gasteiger partial charge in [-0.2, -0.15) is 0 Å². The molecule has 0 atom stereocenters. The molecule has 1 aromatic rings. The van der Waals surface area contributed by atoms with Gasteiger partial charge in [0.05, 0.1) is 12.7 Å². The zero-order valence-electron chi connectivity index (χ0n) is 11.5. The van der Waals surface area contributed by atoms with E-state index in [0.717, 1.165) is 30.9 Å². The van der Waals surface area contributed by atoms with Crippen LogP contribution in [-0.2, 0) is 11.3 Å². The fraction of sp³-hybridized carbons (Fsp3) is 0.769. The van der Waals surface area contributed by atoms with Gasteiger partial charge in [-0.3, -0.25) is 0 Å². The standard InChI is InChI=1S/C13H23N3OS/c1-10(2)17-7-6-16(3)13-15-9-12(18-13)8-14-11-4-5-11/h9-11,14H,4-8H2,1-3H3. The number of rotatable bonds is 8. The summed E-state index contributed by atoms with van der Waals surface area (Å²) < 4.78 is 5.55. The minimum absolute atomic E-state index is 0.299. The summed E-state index contributed by atoms with van der Waals surface area (Å²) in [6.07, 6.45) is 4.94. The van der Waals surface area contributed by atoms with E-state index in [1.165, 1.54) is 17.7 Å². The summed E-state index contributed by atoms with van der Waals surface area (Å²) >= 11 is 1.77. The Morgan fingerprint density at radius 2 is 2.33 bits per heavy atom. The van der Waals surface area contributed by atoms with Crippen molar-refractivity contribution in [1.82, 2.24) is 10.3 Å². The monoisotopic (exact) mass is 269 g/mol. The number of aromatic nitrogens is 1. The second-order valence-electron chi connectivity index (χ2n) is 5.11. The van der Waals surface area contributed by atoms with E-state index in [0.29, 0.717) is 6.10 Å². The molecule has 1 heterocycles. The van der Waals surface area contributed by atoms with Crippen molar-refractivity contribution in [3.63, 3.8) is 0 Å². The van der Waals surface area contributed by atoms with Crippen LogP contribution in [0.5, 0.6) is 0 Å². The van der Waals surface area contributed by atoms with Crippen molar-refractivity contribution in [3.05, 3.63) is 11.1 Å². The molecule has 5 heteroatoms. The molecule has 0 amide bonds. The molecule has 2 rings (SSSR count). The smallest absolute Gasteiger partial charge is 0.185 e. The van der Waals surface area contributed by atoms with Gasteiger partial charge in [-0.05, 0) is 26.7 Å². The normalized spacial score (nSPS) is 15.3. The summed E-state index contributed by atoms with van der Waals surface area (Å²) in [6, 6.07) is 0.757. The van der Waals surface area contributed by atoms with Crippen LogP contribution >= 0.6 is 11.3 Å². The quantitative estimate of drug-likeness (QED) is 0.785. The first-order valence-electron chi connectivity index (χ1n) is 6.66. The SMILES string of the molecule is CC(C)OCCN(C)c1ncc(CNC2CC2)s1.